The van der Waals surface area contributed by atoms with Crippen LogP contribution >= 0.6 is 11.6 Å². The van der Waals surface area contributed by atoms with Gasteiger partial charge in [-0.1, -0.05) is 29.8 Å². The molecule has 0 spiro atoms. The molecule has 150 valence electrons. The number of carbonyl (C=O) groups excluding carboxylic acids is 1. The summed E-state index contributed by atoms with van der Waals surface area (Å²) in [6.07, 6.45) is 0. The molecule has 3 aromatic rings. The fourth-order valence-electron chi connectivity index (χ4n) is 3.53. The van der Waals surface area contributed by atoms with E-state index in [1.807, 2.05) is 24.3 Å². The lowest BCUT2D eigenvalue weighted by atomic mass is 10.1. The maximum absolute atomic E-state index is 13.0. The largest absolute Gasteiger partial charge is 0.325 e. The summed E-state index contributed by atoms with van der Waals surface area (Å²) in [6.45, 7) is 4.38. The highest BCUT2D eigenvalue weighted by Crippen LogP contribution is 2.22. The topological polar surface area (TPSA) is 48.5 Å². The fourth-order valence-corrected chi connectivity index (χ4v) is 3.74. The van der Waals surface area contributed by atoms with Gasteiger partial charge in [0.1, 0.15) is 11.0 Å². The zero-order valence-corrected chi connectivity index (χ0v) is 16.7. The zero-order chi connectivity index (χ0) is 20.2. The van der Waals surface area contributed by atoms with Crippen LogP contribution < -0.4 is 5.32 Å². The number of anilines is 1. The third-order valence-corrected chi connectivity index (χ3v) is 5.43. The second-order valence-corrected chi connectivity index (χ2v) is 7.60. The molecule has 1 saturated heterocycles. The van der Waals surface area contributed by atoms with E-state index in [1.54, 1.807) is 12.1 Å². The molecule has 1 fully saturated rings. The summed E-state index contributed by atoms with van der Waals surface area (Å²) in [5, 5.41) is 4.44. The number of hydrogen-bond donors (Lipinski definition) is 1. The number of benzene rings is 2. The molecule has 1 aromatic heterocycles. The Balaban J connectivity index is 1.29. The molecule has 0 bridgehead atoms. The third kappa shape index (κ3) is 5.09. The lowest BCUT2D eigenvalue weighted by Crippen LogP contribution is -2.48. The monoisotopic (exact) mass is 412 g/mol. The number of fused-ring (bicyclic) bond motifs is 1. The minimum absolute atomic E-state index is 0.0909. The highest BCUT2D eigenvalue weighted by molar-refractivity contribution is 6.30. The van der Waals surface area contributed by atoms with E-state index in [4.69, 9.17) is 11.6 Å². The van der Waals surface area contributed by atoms with Crippen LogP contribution in [0.4, 0.5) is 10.1 Å². The van der Waals surface area contributed by atoms with Gasteiger partial charge in [0, 0.05) is 49.4 Å². The molecule has 5 nitrogen and oxygen atoms in total. The smallest absolute Gasteiger partial charge is 0.238 e. The van der Waals surface area contributed by atoms with Gasteiger partial charge < -0.3 is 5.32 Å². The van der Waals surface area contributed by atoms with Crippen LogP contribution in [0, 0.1) is 5.82 Å². The molecule has 2 aromatic carbocycles. The molecule has 7 heteroatoms. The Hall–Kier alpha value is -2.54. The van der Waals surface area contributed by atoms with Gasteiger partial charge in [0.15, 0.2) is 0 Å². The van der Waals surface area contributed by atoms with Gasteiger partial charge in [-0.3, -0.25) is 14.6 Å². The summed E-state index contributed by atoms with van der Waals surface area (Å²) in [6, 6.07) is 15.9. The van der Waals surface area contributed by atoms with Crippen LogP contribution in [0.15, 0.2) is 54.6 Å². The number of nitrogens with one attached hydrogen (secondary N) is 1. The number of amides is 1. The number of rotatable bonds is 5. The van der Waals surface area contributed by atoms with Crippen molar-refractivity contribution >= 4 is 34.1 Å². The first-order valence-electron chi connectivity index (χ1n) is 9.61. The van der Waals surface area contributed by atoms with Crippen LogP contribution in [0.1, 0.15) is 5.56 Å². The van der Waals surface area contributed by atoms with Crippen LogP contribution in [0.5, 0.6) is 0 Å². The van der Waals surface area contributed by atoms with Gasteiger partial charge in [-0.05, 0) is 36.4 Å². The quantitative estimate of drug-likeness (QED) is 0.648. The molecular formula is C22H22ClFN4O. The van der Waals surface area contributed by atoms with Gasteiger partial charge in [0.2, 0.25) is 5.91 Å². The van der Waals surface area contributed by atoms with Crippen molar-refractivity contribution in [3.63, 3.8) is 0 Å². The molecule has 1 N–H and O–H groups in total. The number of carbonyl (C=O) groups is 1. The van der Waals surface area contributed by atoms with Crippen molar-refractivity contribution in [3.8, 4) is 0 Å². The zero-order valence-electron chi connectivity index (χ0n) is 15.9. The van der Waals surface area contributed by atoms with Gasteiger partial charge in [0.25, 0.3) is 0 Å². The van der Waals surface area contributed by atoms with Crippen LogP contribution in [0.3, 0.4) is 0 Å². The van der Waals surface area contributed by atoms with E-state index >= 15 is 0 Å². The molecule has 29 heavy (non-hydrogen) atoms. The minimum Gasteiger partial charge on any atom is -0.325 e. The van der Waals surface area contributed by atoms with Crippen LogP contribution in [0.2, 0.25) is 5.15 Å². The molecule has 0 saturated carbocycles. The Kier molecular flexibility index (Phi) is 6.04. The van der Waals surface area contributed by atoms with Crippen molar-refractivity contribution in [2.45, 2.75) is 6.54 Å². The molecule has 1 aliphatic rings. The Morgan fingerprint density at radius 2 is 1.72 bits per heavy atom. The molecule has 2 heterocycles. The molecule has 1 amide bonds. The van der Waals surface area contributed by atoms with E-state index in [2.05, 4.69) is 26.2 Å². The van der Waals surface area contributed by atoms with Gasteiger partial charge in [-0.2, -0.15) is 0 Å². The highest BCUT2D eigenvalue weighted by atomic mass is 35.5. The number of para-hydroxylation sites is 1. The lowest BCUT2D eigenvalue weighted by Gasteiger charge is -2.34. The molecule has 0 unspecified atom stereocenters. The normalized spacial score (nSPS) is 15.5. The highest BCUT2D eigenvalue weighted by Gasteiger charge is 2.20. The van der Waals surface area contributed by atoms with Crippen molar-refractivity contribution in [3.05, 3.63) is 71.1 Å². The number of halogens is 2. The van der Waals surface area contributed by atoms with Crippen LogP contribution in [-0.4, -0.2) is 53.4 Å². The maximum Gasteiger partial charge on any atom is 0.238 e. The van der Waals surface area contributed by atoms with E-state index in [0.717, 1.165) is 49.2 Å². The third-order valence-electron chi connectivity index (χ3n) is 5.10. The number of aromatic nitrogens is 1. The lowest BCUT2D eigenvalue weighted by molar-refractivity contribution is -0.117. The standard InChI is InChI=1S/C22H22ClFN4O/c23-22-17(13-16-3-1-2-4-20(16)26-22)14-27-9-11-28(12-10-27)15-21(29)25-19-7-5-18(24)6-8-19/h1-8,13H,9-12,14-15H2,(H,25,29). The number of hydrogen-bond acceptors (Lipinski definition) is 4. The van der Waals surface area contributed by atoms with Crippen molar-refractivity contribution in [2.75, 3.05) is 38.0 Å². The van der Waals surface area contributed by atoms with E-state index in [1.165, 1.54) is 12.1 Å². The van der Waals surface area contributed by atoms with Gasteiger partial charge in [0.05, 0.1) is 12.1 Å². The molecule has 0 radical (unpaired) electrons. The second kappa shape index (κ2) is 8.86. The number of nitrogens with zero attached hydrogens (tertiary/aromatic N) is 3. The predicted octanol–water partition coefficient (Wildman–Crippen LogP) is 3.78. The molecule has 1 aliphatic heterocycles. The minimum atomic E-state index is -0.319. The van der Waals surface area contributed by atoms with E-state index in [-0.39, 0.29) is 11.7 Å². The SMILES string of the molecule is O=C(CN1CCN(Cc2cc3ccccc3nc2Cl)CC1)Nc1ccc(F)cc1. The second-order valence-electron chi connectivity index (χ2n) is 7.24. The van der Waals surface area contributed by atoms with Crippen LogP contribution in [0.25, 0.3) is 10.9 Å². The average molecular weight is 413 g/mol. The Morgan fingerprint density at radius 1 is 1.03 bits per heavy atom. The summed E-state index contributed by atoms with van der Waals surface area (Å²) < 4.78 is 13.0. The first kappa shape index (κ1) is 19.8. The Morgan fingerprint density at radius 3 is 2.48 bits per heavy atom. The Bertz CT molecular complexity index is 1000. The average Bonchev–Trinajstić information content (AvgIpc) is 2.72. The summed E-state index contributed by atoms with van der Waals surface area (Å²) in [7, 11) is 0. The van der Waals surface area contributed by atoms with Crippen molar-refractivity contribution < 1.29 is 9.18 Å². The van der Waals surface area contributed by atoms with Crippen molar-refractivity contribution in [2.24, 2.45) is 0 Å². The first-order valence-corrected chi connectivity index (χ1v) is 9.99. The van der Waals surface area contributed by atoms with E-state index < -0.39 is 0 Å². The van der Waals surface area contributed by atoms with Gasteiger partial charge in [-0.15, -0.1) is 0 Å². The number of piperazine rings is 1. The maximum atomic E-state index is 13.0. The first-order chi connectivity index (χ1) is 14.1. The summed E-state index contributed by atoms with van der Waals surface area (Å²) in [4.78, 5) is 21.2. The summed E-state index contributed by atoms with van der Waals surface area (Å²) in [5.41, 5.74) is 2.53. The van der Waals surface area contributed by atoms with E-state index in [9.17, 15) is 9.18 Å². The Labute approximate surface area is 174 Å². The summed E-state index contributed by atoms with van der Waals surface area (Å²) >= 11 is 6.38. The van der Waals surface area contributed by atoms with Crippen molar-refractivity contribution in [1.82, 2.24) is 14.8 Å². The predicted molar refractivity (Wildman–Crippen MR) is 113 cm³/mol. The summed E-state index contributed by atoms with van der Waals surface area (Å²) in [5.74, 6) is -0.410. The van der Waals surface area contributed by atoms with Gasteiger partial charge in [-0.25, -0.2) is 9.37 Å². The van der Waals surface area contributed by atoms with Crippen LogP contribution in [-0.2, 0) is 11.3 Å². The molecular weight excluding hydrogens is 391 g/mol. The fraction of sp³-hybridized carbons (Fsp3) is 0.273. The van der Waals surface area contributed by atoms with E-state index in [0.29, 0.717) is 17.4 Å². The molecule has 0 aliphatic carbocycles. The van der Waals surface area contributed by atoms with Crippen molar-refractivity contribution in [1.29, 1.82) is 0 Å². The number of pyridine rings is 1. The molecule has 4 rings (SSSR count). The van der Waals surface area contributed by atoms with Gasteiger partial charge >= 0.3 is 0 Å². The molecule has 0 atom stereocenters.